The lowest BCUT2D eigenvalue weighted by atomic mass is 9.92. The van der Waals surface area contributed by atoms with E-state index >= 15 is 0 Å². The van der Waals surface area contributed by atoms with Crippen LogP contribution in [0, 0.1) is 0 Å². The Morgan fingerprint density at radius 2 is 0.360 bits per heavy atom. The molecule has 16 nitrogen and oxygen atoms in total. The van der Waals surface area contributed by atoms with Crippen LogP contribution >= 0.6 is 0 Å². The molecule has 0 amide bonds. The fourth-order valence-electron chi connectivity index (χ4n) is 12.7. The first-order valence-corrected chi connectivity index (χ1v) is 42.9. The quantitative estimate of drug-likeness (QED) is 0.0201. The van der Waals surface area contributed by atoms with Crippen molar-refractivity contribution in [3.63, 3.8) is 0 Å². The fraction of sp³-hybridized carbons (Fsp3) is 0.589. The van der Waals surface area contributed by atoms with Gasteiger partial charge in [-0.05, 0) is 143 Å². The minimum atomic E-state index is -0.486. The van der Waals surface area contributed by atoms with Crippen molar-refractivity contribution in [3.05, 3.63) is 152 Å². The van der Waals surface area contributed by atoms with Crippen LogP contribution in [0.2, 0.25) is 0 Å². The van der Waals surface area contributed by atoms with E-state index < -0.39 is 5.97 Å². The van der Waals surface area contributed by atoms with E-state index in [4.69, 9.17) is 71.1 Å². The van der Waals surface area contributed by atoms with E-state index in [0.29, 0.717) is 130 Å². The number of rotatable bonds is 55. The first-order chi connectivity index (χ1) is 54.5. The van der Waals surface area contributed by atoms with Gasteiger partial charge in [-0.2, -0.15) is 0 Å². The van der Waals surface area contributed by atoms with E-state index in [1.807, 2.05) is 0 Å². The van der Waals surface area contributed by atoms with Crippen LogP contribution in [-0.2, 0) is 57.5 Å². The van der Waals surface area contributed by atoms with Crippen LogP contribution in [0.5, 0.6) is 69.0 Å². The monoisotopic (exact) mass is 1530 g/mol. The SMILES string of the molecule is C=CC(=O)OCCOCCOCCOc1cc2c(OCCCC)cc1Cc1cc(OCCCC)c(cc1OCCCC)Cc1cc(OCCCC)c(cc1OCCCC)Cc1cc(OCCCC)c(cc1OCCCC)Cc1cc(OCCCC)c(cc1OCCCC)Cc1cc(OCCCC)c(cc1OCCCC)C2. The Hall–Kier alpha value is -7.95. The van der Waals surface area contributed by atoms with Gasteiger partial charge in [0.05, 0.1) is 99.1 Å². The summed E-state index contributed by atoms with van der Waals surface area (Å²) in [7, 11) is 0. The van der Waals surface area contributed by atoms with Crippen LogP contribution in [0.1, 0.15) is 284 Å². The molecule has 0 saturated carbocycles. The second-order valence-corrected chi connectivity index (χ2v) is 29.1. The lowest BCUT2D eigenvalue weighted by molar-refractivity contribution is -0.139. The van der Waals surface area contributed by atoms with Gasteiger partial charge in [-0.15, -0.1) is 0 Å². The number of esters is 1. The summed E-state index contributed by atoms with van der Waals surface area (Å²) < 4.78 is 101. The van der Waals surface area contributed by atoms with Gasteiger partial charge in [-0.1, -0.05) is 153 Å². The van der Waals surface area contributed by atoms with Gasteiger partial charge in [-0.25, -0.2) is 4.79 Å². The highest BCUT2D eigenvalue weighted by molar-refractivity contribution is 5.81. The first kappa shape index (κ1) is 90.2. The van der Waals surface area contributed by atoms with Crippen molar-refractivity contribution in [1.29, 1.82) is 0 Å². The van der Waals surface area contributed by atoms with E-state index in [1.54, 1.807) is 0 Å². The topological polar surface area (TPSA) is 156 Å². The van der Waals surface area contributed by atoms with Crippen LogP contribution in [0.15, 0.2) is 85.5 Å². The number of hydrogen-bond donors (Lipinski definition) is 0. The van der Waals surface area contributed by atoms with Crippen molar-refractivity contribution in [3.8, 4) is 69.0 Å². The standard InChI is InChI=1S/C95H138O16/c1-13-25-36-99-83-60-72-54-74-62-88(104-41-30-18-6)76(64-87(74)103-40-29-17-5)56-78-66-92(108-45-34-22-10)80(68-91(78)107-44-33-21-9)58-82-69-93(109-46-35-23-11)81(70-94(82)110-51-49-97-47-48-98-50-52-111-95(96)24-12)57-79-67-89(105-42-31-19-7)77(65-90(79)106-43-32-20-8)55-75-63-85(101-38-27-15-3)73(61-86(75)102-39-28-16-4)53-71(83)59-84(72)100-37-26-14-2/h24,59-70H,12-23,25-58H2,1-11H3. The third-order valence-corrected chi connectivity index (χ3v) is 19.6. The minimum Gasteiger partial charge on any atom is -0.493 e. The molecule has 6 aromatic carbocycles. The first-order valence-electron chi connectivity index (χ1n) is 42.9. The zero-order valence-corrected chi connectivity index (χ0v) is 70.1. The summed E-state index contributed by atoms with van der Waals surface area (Å²) in [5.41, 5.74) is 11.7. The highest BCUT2D eigenvalue weighted by Crippen LogP contribution is 2.45. The number of carbonyl (C=O) groups is 1. The van der Waals surface area contributed by atoms with Gasteiger partial charge in [0.2, 0.25) is 0 Å². The van der Waals surface area contributed by atoms with E-state index in [9.17, 15) is 4.79 Å². The molecule has 0 saturated heterocycles. The van der Waals surface area contributed by atoms with Crippen LogP contribution < -0.4 is 56.8 Å². The number of hydrogen-bond acceptors (Lipinski definition) is 16. The minimum absolute atomic E-state index is 0.128. The van der Waals surface area contributed by atoms with Crippen molar-refractivity contribution in [2.45, 2.75) is 256 Å². The van der Waals surface area contributed by atoms with Crippen molar-refractivity contribution in [2.75, 3.05) is 112 Å². The molecule has 0 aliphatic heterocycles. The molecule has 614 valence electrons. The Labute approximate surface area is 667 Å². The molecule has 0 radical (unpaired) electrons. The molecule has 0 N–H and O–H groups in total. The van der Waals surface area contributed by atoms with Crippen LogP contribution in [0.25, 0.3) is 0 Å². The molecule has 0 aromatic heterocycles. The normalized spacial score (nSPS) is 12.0. The molecule has 6 aromatic rings. The molecule has 16 aliphatic carbocycles. The van der Waals surface area contributed by atoms with Gasteiger partial charge in [0.15, 0.2) is 0 Å². The molecule has 16 heteroatoms. The Kier molecular flexibility index (Phi) is 43.2. The van der Waals surface area contributed by atoms with Crippen molar-refractivity contribution >= 4 is 5.97 Å². The average molecular weight is 1540 g/mol. The number of benzene rings is 6. The molecule has 0 unspecified atom stereocenters. The number of ether oxygens (including phenoxy) is 15. The summed E-state index contributed by atoms with van der Waals surface area (Å²) in [4.78, 5) is 11.7. The van der Waals surface area contributed by atoms with Crippen LogP contribution in [0.3, 0.4) is 0 Å². The van der Waals surface area contributed by atoms with Gasteiger partial charge in [-0.3, -0.25) is 0 Å². The average Bonchev–Trinajstić information content (AvgIpc) is 0.788. The summed E-state index contributed by atoms with van der Waals surface area (Å²) in [5.74, 6) is 8.92. The third-order valence-electron chi connectivity index (χ3n) is 19.6. The van der Waals surface area contributed by atoms with Crippen LogP contribution in [-0.4, -0.2) is 118 Å². The Morgan fingerprint density at radius 1 is 0.225 bits per heavy atom. The zero-order valence-electron chi connectivity index (χ0n) is 70.1. The Balaban J connectivity index is 1.57. The van der Waals surface area contributed by atoms with E-state index in [0.717, 1.165) is 277 Å². The zero-order chi connectivity index (χ0) is 79.1. The molecule has 111 heavy (non-hydrogen) atoms. The number of unbranched alkanes of at least 4 members (excludes halogenated alkanes) is 11. The highest BCUT2D eigenvalue weighted by Gasteiger charge is 2.27. The van der Waals surface area contributed by atoms with Gasteiger partial charge in [0.25, 0.3) is 0 Å². The Morgan fingerprint density at radius 3 is 0.505 bits per heavy atom. The molecule has 22 rings (SSSR count). The van der Waals surface area contributed by atoms with Crippen molar-refractivity contribution in [1.82, 2.24) is 0 Å². The largest absolute Gasteiger partial charge is 0.493 e. The van der Waals surface area contributed by atoms with E-state index in [2.05, 4.69) is 156 Å². The maximum atomic E-state index is 11.7. The molecule has 0 spiro atoms. The molecule has 16 aliphatic rings. The molecule has 0 fully saturated rings. The maximum absolute atomic E-state index is 11.7. The molecule has 0 atom stereocenters. The second-order valence-electron chi connectivity index (χ2n) is 29.1. The smallest absolute Gasteiger partial charge is 0.330 e. The van der Waals surface area contributed by atoms with Gasteiger partial charge >= 0.3 is 5.97 Å². The van der Waals surface area contributed by atoms with Gasteiger partial charge in [0, 0.05) is 111 Å². The third kappa shape index (κ3) is 30.8. The summed E-state index contributed by atoms with van der Waals surface area (Å²) in [6.45, 7) is 35.2. The maximum Gasteiger partial charge on any atom is 0.330 e. The Bertz CT molecular complexity index is 3600. The second kappa shape index (κ2) is 53.1. The highest BCUT2D eigenvalue weighted by atomic mass is 16.6. The van der Waals surface area contributed by atoms with Gasteiger partial charge < -0.3 is 71.1 Å². The predicted molar refractivity (Wildman–Crippen MR) is 448 cm³/mol. The lowest BCUT2D eigenvalue weighted by Crippen LogP contribution is -2.14. The number of carbonyl (C=O) groups excluding carboxylic acids is 1. The predicted octanol–water partition coefficient (Wildman–Crippen LogP) is 22.7. The molecular formula is C95H138O16. The van der Waals surface area contributed by atoms with E-state index in [-0.39, 0.29) is 26.4 Å². The van der Waals surface area contributed by atoms with Gasteiger partial charge in [0.1, 0.15) is 82.2 Å². The summed E-state index contributed by atoms with van der Waals surface area (Å²) in [6, 6.07) is 26.5. The van der Waals surface area contributed by atoms with E-state index in [1.165, 1.54) is 0 Å². The fourth-order valence-corrected chi connectivity index (χ4v) is 12.7. The molecular weight excluding hydrogens is 1400 g/mol. The summed E-state index contributed by atoms with van der Waals surface area (Å²) in [6.07, 6.45) is 24.5. The van der Waals surface area contributed by atoms with Crippen molar-refractivity contribution in [2.24, 2.45) is 0 Å². The molecule has 0 heterocycles. The summed E-state index contributed by atoms with van der Waals surface area (Å²) >= 11 is 0. The summed E-state index contributed by atoms with van der Waals surface area (Å²) in [5, 5.41) is 0. The lowest BCUT2D eigenvalue weighted by Gasteiger charge is -2.23. The van der Waals surface area contributed by atoms with Crippen LogP contribution in [0.4, 0.5) is 0 Å². The molecule has 12 bridgehead atoms. The van der Waals surface area contributed by atoms with Crippen molar-refractivity contribution < 1.29 is 75.8 Å².